The van der Waals surface area contributed by atoms with Gasteiger partial charge in [0.25, 0.3) is 0 Å². The summed E-state index contributed by atoms with van der Waals surface area (Å²) in [5, 5.41) is 18.3. The van der Waals surface area contributed by atoms with E-state index in [0.717, 1.165) is 44.7 Å². The van der Waals surface area contributed by atoms with Crippen molar-refractivity contribution in [2.24, 2.45) is 0 Å². The van der Waals surface area contributed by atoms with Gasteiger partial charge < -0.3 is 16.0 Å². The van der Waals surface area contributed by atoms with Crippen LogP contribution in [-0.2, 0) is 4.79 Å². The molecule has 1 aromatic carbocycles. The molecule has 1 atom stereocenters. The summed E-state index contributed by atoms with van der Waals surface area (Å²) in [7, 11) is 0. The molecule has 0 saturated carbocycles. The third-order valence-electron chi connectivity index (χ3n) is 6.10. The summed E-state index contributed by atoms with van der Waals surface area (Å²) in [5.41, 5.74) is 7.10. The van der Waals surface area contributed by atoms with Gasteiger partial charge in [-0.25, -0.2) is 4.39 Å². The highest BCUT2D eigenvalue weighted by Gasteiger charge is 2.27. The number of pyridine rings is 3. The second-order valence-corrected chi connectivity index (χ2v) is 8.46. The maximum absolute atomic E-state index is 13.8. The van der Waals surface area contributed by atoms with Crippen LogP contribution < -0.4 is 16.0 Å². The Labute approximate surface area is 205 Å². The number of aromatic nitrogens is 5. The maximum Gasteiger partial charge on any atom is 0.224 e. The Morgan fingerprint density at radius 3 is 2.64 bits per heavy atom. The Kier molecular flexibility index (Phi) is 5.25. The van der Waals surface area contributed by atoms with Gasteiger partial charge in [0.05, 0.1) is 46.9 Å². The minimum absolute atomic E-state index is 0.0673. The first-order valence-corrected chi connectivity index (χ1v) is 11.4. The lowest BCUT2D eigenvalue weighted by Gasteiger charge is -2.12. The summed E-state index contributed by atoms with van der Waals surface area (Å²) < 4.78 is 13.8. The average molecular weight is 481 g/mol. The van der Waals surface area contributed by atoms with E-state index < -0.39 is 5.82 Å². The minimum atomic E-state index is -0.410. The van der Waals surface area contributed by atoms with Crippen molar-refractivity contribution in [1.29, 1.82) is 0 Å². The number of halogens is 1. The van der Waals surface area contributed by atoms with Crippen LogP contribution >= 0.6 is 0 Å². The fourth-order valence-corrected chi connectivity index (χ4v) is 4.33. The van der Waals surface area contributed by atoms with Crippen molar-refractivity contribution >= 4 is 33.9 Å². The number of hydrogen-bond acceptors (Lipinski definition) is 7. The molecule has 9 nitrogen and oxygen atoms in total. The van der Waals surface area contributed by atoms with Gasteiger partial charge in [0.15, 0.2) is 0 Å². The van der Waals surface area contributed by atoms with Crippen molar-refractivity contribution in [3.8, 4) is 22.3 Å². The molecule has 0 fully saturated rings. The maximum atomic E-state index is 13.8. The van der Waals surface area contributed by atoms with Gasteiger partial charge >= 0.3 is 0 Å². The summed E-state index contributed by atoms with van der Waals surface area (Å²) in [6.45, 7) is 1.80. The van der Waals surface area contributed by atoms with Crippen LogP contribution in [-0.4, -0.2) is 31.1 Å². The number of hydrogen-bond donors (Lipinski definition) is 4. The molecule has 1 aliphatic heterocycles. The van der Waals surface area contributed by atoms with Crippen molar-refractivity contribution in [1.82, 2.24) is 25.1 Å². The van der Waals surface area contributed by atoms with Crippen molar-refractivity contribution in [2.75, 3.05) is 16.0 Å². The molecule has 5 heterocycles. The first-order chi connectivity index (χ1) is 17.6. The summed E-state index contributed by atoms with van der Waals surface area (Å²) in [6.07, 6.45) is 9.67. The number of H-pyrrole nitrogens is 1. The SMILES string of the molecule is CCC(=O)Nc1cncc(-c2ccc3n[nH]c(C4Nc5cncc(-c6cncc(F)c6)c5N4)c3c2)c1. The third kappa shape index (κ3) is 3.88. The number of aromatic amines is 1. The largest absolute Gasteiger partial charge is 0.358 e. The van der Waals surface area contributed by atoms with Gasteiger partial charge in [0, 0.05) is 47.1 Å². The molecule has 0 radical (unpaired) electrons. The van der Waals surface area contributed by atoms with E-state index in [1.807, 2.05) is 24.3 Å². The number of carbonyl (C=O) groups excluding carboxylic acids is 1. The molecule has 0 aliphatic carbocycles. The Bertz CT molecular complexity index is 1620. The number of carbonyl (C=O) groups is 1. The third-order valence-corrected chi connectivity index (χ3v) is 6.10. The Morgan fingerprint density at radius 1 is 0.944 bits per heavy atom. The molecule has 1 unspecified atom stereocenters. The van der Waals surface area contributed by atoms with Gasteiger partial charge in [-0.1, -0.05) is 13.0 Å². The molecular weight excluding hydrogens is 459 g/mol. The van der Waals surface area contributed by atoms with Gasteiger partial charge in [-0.3, -0.25) is 24.8 Å². The normalized spacial score (nSPS) is 14.2. The number of amides is 1. The molecule has 10 heteroatoms. The lowest BCUT2D eigenvalue weighted by molar-refractivity contribution is -0.115. The second-order valence-electron chi connectivity index (χ2n) is 8.46. The lowest BCUT2D eigenvalue weighted by Crippen LogP contribution is -2.13. The first kappa shape index (κ1) is 21.7. The van der Waals surface area contributed by atoms with Crippen LogP contribution in [0, 0.1) is 5.82 Å². The molecule has 0 bridgehead atoms. The number of fused-ring (bicyclic) bond motifs is 2. The molecule has 1 amide bonds. The van der Waals surface area contributed by atoms with Gasteiger partial charge in [0.2, 0.25) is 5.91 Å². The van der Waals surface area contributed by atoms with Crippen LogP contribution in [0.1, 0.15) is 25.2 Å². The van der Waals surface area contributed by atoms with E-state index in [0.29, 0.717) is 17.7 Å². The minimum Gasteiger partial charge on any atom is -0.358 e. The van der Waals surface area contributed by atoms with E-state index in [-0.39, 0.29) is 12.1 Å². The zero-order valence-electron chi connectivity index (χ0n) is 19.2. The Balaban J connectivity index is 1.34. The van der Waals surface area contributed by atoms with Crippen LogP contribution in [0.5, 0.6) is 0 Å². The van der Waals surface area contributed by atoms with E-state index in [9.17, 15) is 9.18 Å². The molecule has 6 rings (SSSR count). The van der Waals surface area contributed by atoms with Gasteiger partial charge in [-0.15, -0.1) is 0 Å². The van der Waals surface area contributed by atoms with Crippen molar-refractivity contribution in [3.05, 3.63) is 79.0 Å². The number of nitrogens with zero attached hydrogens (tertiary/aromatic N) is 4. The number of nitrogens with one attached hydrogen (secondary N) is 4. The summed E-state index contributed by atoms with van der Waals surface area (Å²) in [4.78, 5) is 24.4. The van der Waals surface area contributed by atoms with Crippen molar-refractivity contribution in [2.45, 2.75) is 19.5 Å². The van der Waals surface area contributed by atoms with Gasteiger partial charge in [-0.05, 0) is 29.8 Å². The highest BCUT2D eigenvalue weighted by atomic mass is 19.1. The molecule has 0 spiro atoms. The molecule has 36 heavy (non-hydrogen) atoms. The van der Waals surface area contributed by atoms with E-state index in [4.69, 9.17) is 0 Å². The number of benzene rings is 1. The predicted molar refractivity (Wildman–Crippen MR) is 136 cm³/mol. The van der Waals surface area contributed by atoms with Crippen LogP contribution in [0.15, 0.2) is 67.5 Å². The fraction of sp³-hybridized carbons (Fsp3) is 0.115. The molecule has 1 aliphatic rings. The van der Waals surface area contributed by atoms with Gasteiger partial charge in [0.1, 0.15) is 12.0 Å². The standard InChI is InChI=1S/C26H21FN8O/c1-2-23(36)31-18-6-15(8-29-11-18)14-3-4-21-19(7-14)25(35-34-21)26-32-22-13-30-12-20(24(22)33-26)16-5-17(27)10-28-9-16/h3-13,26,32-33H,2H2,1H3,(H,31,36)(H,34,35). The zero-order chi connectivity index (χ0) is 24.6. The summed E-state index contributed by atoms with van der Waals surface area (Å²) >= 11 is 0. The van der Waals surface area contributed by atoms with Crippen LogP contribution in [0.4, 0.5) is 21.5 Å². The topological polar surface area (TPSA) is 121 Å². The highest BCUT2D eigenvalue weighted by molar-refractivity contribution is 5.93. The Hall–Kier alpha value is -4.86. The fourth-order valence-electron chi connectivity index (χ4n) is 4.33. The van der Waals surface area contributed by atoms with E-state index in [2.05, 4.69) is 41.1 Å². The molecule has 178 valence electrons. The van der Waals surface area contributed by atoms with Crippen LogP contribution in [0.2, 0.25) is 0 Å². The lowest BCUT2D eigenvalue weighted by atomic mass is 10.0. The molecule has 5 aromatic rings. The van der Waals surface area contributed by atoms with Crippen molar-refractivity contribution < 1.29 is 9.18 Å². The monoisotopic (exact) mass is 480 g/mol. The Morgan fingerprint density at radius 2 is 1.78 bits per heavy atom. The van der Waals surface area contributed by atoms with Crippen LogP contribution in [0.25, 0.3) is 33.2 Å². The highest BCUT2D eigenvalue weighted by Crippen LogP contribution is 2.42. The van der Waals surface area contributed by atoms with E-state index in [1.54, 1.807) is 37.9 Å². The molecule has 4 N–H and O–H groups in total. The number of anilines is 3. The quantitative estimate of drug-likeness (QED) is 0.276. The second kappa shape index (κ2) is 8.73. The molecular formula is C26H21FN8O. The first-order valence-electron chi connectivity index (χ1n) is 11.4. The van der Waals surface area contributed by atoms with Crippen molar-refractivity contribution in [3.63, 3.8) is 0 Å². The van der Waals surface area contributed by atoms with Crippen LogP contribution in [0.3, 0.4) is 0 Å². The zero-order valence-corrected chi connectivity index (χ0v) is 19.2. The summed E-state index contributed by atoms with van der Waals surface area (Å²) in [5.74, 6) is -0.477. The van der Waals surface area contributed by atoms with Gasteiger partial charge in [-0.2, -0.15) is 5.10 Å². The molecule has 4 aromatic heterocycles. The molecule has 0 saturated heterocycles. The smallest absolute Gasteiger partial charge is 0.224 e. The summed E-state index contributed by atoms with van der Waals surface area (Å²) in [6, 6.07) is 9.28. The predicted octanol–water partition coefficient (Wildman–Crippen LogP) is 5.11. The van der Waals surface area contributed by atoms with E-state index >= 15 is 0 Å². The average Bonchev–Trinajstić information content (AvgIpc) is 3.52. The number of rotatable bonds is 5. The van der Waals surface area contributed by atoms with E-state index in [1.165, 1.54) is 12.3 Å².